The third-order valence-electron chi connectivity index (χ3n) is 5.32. The molecule has 2 aliphatic heterocycles. The van der Waals surface area contributed by atoms with E-state index in [1.165, 1.54) is 0 Å². The summed E-state index contributed by atoms with van der Waals surface area (Å²) in [5.74, 6) is 0.929. The number of nitrogens with zero attached hydrogens (tertiary/aromatic N) is 6. The summed E-state index contributed by atoms with van der Waals surface area (Å²) in [6, 6.07) is 2.35. The molecule has 5 rings (SSSR count). The second kappa shape index (κ2) is 5.76. The Kier molecular flexibility index (Phi) is 3.37. The van der Waals surface area contributed by atoms with Gasteiger partial charge in [-0.2, -0.15) is 0 Å². The van der Waals surface area contributed by atoms with Crippen LogP contribution >= 0.6 is 0 Å². The monoisotopic (exact) mass is 349 g/mol. The van der Waals surface area contributed by atoms with Crippen LogP contribution in [0.2, 0.25) is 0 Å². The van der Waals surface area contributed by atoms with Crippen molar-refractivity contribution in [1.82, 2.24) is 29.8 Å². The van der Waals surface area contributed by atoms with Crippen molar-refractivity contribution >= 4 is 22.8 Å². The van der Waals surface area contributed by atoms with Crippen LogP contribution in [0.5, 0.6) is 0 Å². The maximum Gasteiger partial charge on any atom is 0.274 e. The number of H-pyrrole nitrogens is 1. The number of fused-ring (bicyclic) bond motifs is 3. The molecule has 3 aromatic rings. The molecule has 2 atom stereocenters. The molecule has 2 bridgehead atoms. The van der Waals surface area contributed by atoms with Crippen molar-refractivity contribution in [3.63, 3.8) is 0 Å². The van der Waals surface area contributed by atoms with Gasteiger partial charge in [0.05, 0.1) is 29.4 Å². The summed E-state index contributed by atoms with van der Waals surface area (Å²) in [6.07, 6.45) is 8.72. The van der Waals surface area contributed by atoms with E-state index in [4.69, 9.17) is 0 Å². The zero-order chi connectivity index (χ0) is 17.7. The number of carbonyl (C=O) groups is 1. The molecule has 0 aromatic carbocycles. The minimum absolute atomic E-state index is 0.0113. The number of nitrogens with one attached hydrogen (secondary N) is 1. The predicted molar refractivity (Wildman–Crippen MR) is 95.9 cm³/mol. The molecule has 8 nitrogen and oxygen atoms in total. The fourth-order valence-electron chi connectivity index (χ4n) is 4.22. The van der Waals surface area contributed by atoms with Gasteiger partial charge in [-0.05, 0) is 25.8 Å². The van der Waals surface area contributed by atoms with Crippen LogP contribution in [0.25, 0.3) is 11.0 Å². The number of rotatable bonds is 2. The number of hydrogen-bond acceptors (Lipinski definition) is 6. The molecule has 2 saturated heterocycles. The van der Waals surface area contributed by atoms with Gasteiger partial charge in [0.15, 0.2) is 0 Å². The van der Waals surface area contributed by atoms with Crippen LogP contribution in [0.15, 0.2) is 31.0 Å². The number of carbonyl (C=O) groups excluding carboxylic acids is 1. The van der Waals surface area contributed by atoms with Crippen LogP contribution in [0.1, 0.15) is 29.0 Å². The fourth-order valence-corrected chi connectivity index (χ4v) is 4.22. The third kappa shape index (κ3) is 2.33. The predicted octanol–water partition coefficient (Wildman–Crippen LogP) is 1.55. The molecule has 5 heterocycles. The minimum Gasteiger partial charge on any atom is -0.352 e. The summed E-state index contributed by atoms with van der Waals surface area (Å²) >= 11 is 0. The second-order valence-electron chi connectivity index (χ2n) is 6.99. The zero-order valence-corrected chi connectivity index (χ0v) is 14.5. The highest BCUT2D eigenvalue weighted by atomic mass is 16.2. The maximum absolute atomic E-state index is 13.0. The molecule has 2 aliphatic rings. The number of anilines is 1. The highest BCUT2D eigenvalue weighted by Gasteiger charge is 2.43. The highest BCUT2D eigenvalue weighted by molar-refractivity contribution is 5.93. The number of aromatic nitrogens is 5. The number of amides is 1. The molecule has 8 heteroatoms. The van der Waals surface area contributed by atoms with Crippen molar-refractivity contribution in [1.29, 1.82) is 0 Å². The van der Waals surface area contributed by atoms with E-state index in [9.17, 15) is 4.79 Å². The van der Waals surface area contributed by atoms with Crippen LogP contribution in [0.3, 0.4) is 0 Å². The van der Waals surface area contributed by atoms with E-state index in [-0.39, 0.29) is 18.0 Å². The maximum atomic E-state index is 13.0. The smallest absolute Gasteiger partial charge is 0.274 e. The van der Waals surface area contributed by atoms with E-state index >= 15 is 0 Å². The Balaban J connectivity index is 1.43. The molecule has 0 saturated carbocycles. The molecule has 1 amide bonds. The Hall–Kier alpha value is -3.03. The van der Waals surface area contributed by atoms with Crippen LogP contribution < -0.4 is 4.90 Å². The van der Waals surface area contributed by atoms with E-state index in [0.717, 1.165) is 48.5 Å². The average Bonchev–Trinajstić information content (AvgIpc) is 3.23. The summed E-state index contributed by atoms with van der Waals surface area (Å²) in [5, 5.41) is 1.02. The van der Waals surface area contributed by atoms with E-state index in [2.05, 4.69) is 29.8 Å². The Morgan fingerprint density at radius 1 is 1.19 bits per heavy atom. The summed E-state index contributed by atoms with van der Waals surface area (Å²) in [7, 11) is 0. The minimum atomic E-state index is -0.0113. The van der Waals surface area contributed by atoms with Gasteiger partial charge in [0.1, 0.15) is 23.5 Å². The second-order valence-corrected chi connectivity index (χ2v) is 6.99. The molecule has 0 radical (unpaired) electrons. The molecule has 2 fully saturated rings. The molecular weight excluding hydrogens is 330 g/mol. The molecule has 132 valence electrons. The Morgan fingerprint density at radius 2 is 2.00 bits per heavy atom. The molecule has 1 N–H and O–H groups in total. The number of piperazine rings is 1. The van der Waals surface area contributed by atoms with Gasteiger partial charge in [-0.3, -0.25) is 9.78 Å². The lowest BCUT2D eigenvalue weighted by atomic mass is 10.1. The SMILES string of the molecule is Cc1cncc(C(=O)N2[C@@H]3CC[C@H]2CN(c2ncnc4[nH]ccc24)C3)n1. The van der Waals surface area contributed by atoms with Crippen LogP contribution in [0, 0.1) is 6.92 Å². The lowest BCUT2D eigenvalue weighted by molar-refractivity contribution is 0.0634. The average molecular weight is 349 g/mol. The molecule has 0 spiro atoms. The first-order valence-electron chi connectivity index (χ1n) is 8.85. The quantitative estimate of drug-likeness (QED) is 0.755. The Morgan fingerprint density at radius 3 is 2.77 bits per heavy atom. The Bertz CT molecular complexity index is 970. The molecule has 0 unspecified atom stereocenters. The van der Waals surface area contributed by atoms with Gasteiger partial charge in [0, 0.05) is 25.5 Å². The first-order chi connectivity index (χ1) is 12.7. The first kappa shape index (κ1) is 15.2. The van der Waals surface area contributed by atoms with Crippen LogP contribution in [0.4, 0.5) is 5.82 Å². The van der Waals surface area contributed by atoms with Gasteiger partial charge in [0.2, 0.25) is 0 Å². The van der Waals surface area contributed by atoms with Crippen molar-refractivity contribution in [2.24, 2.45) is 0 Å². The van der Waals surface area contributed by atoms with Gasteiger partial charge in [0.25, 0.3) is 5.91 Å². The Labute approximate surface area is 150 Å². The normalized spacial score (nSPS) is 22.2. The summed E-state index contributed by atoms with van der Waals surface area (Å²) < 4.78 is 0. The summed E-state index contributed by atoms with van der Waals surface area (Å²) in [5.41, 5.74) is 2.04. The molecular formula is C18H19N7O. The van der Waals surface area contributed by atoms with E-state index in [1.807, 2.05) is 24.1 Å². The lowest BCUT2D eigenvalue weighted by Crippen LogP contribution is -2.56. The lowest BCUT2D eigenvalue weighted by Gasteiger charge is -2.41. The fraction of sp³-hybridized carbons (Fsp3) is 0.389. The number of aryl methyl sites for hydroxylation is 1. The van der Waals surface area contributed by atoms with Gasteiger partial charge in [-0.1, -0.05) is 0 Å². The van der Waals surface area contributed by atoms with E-state index in [1.54, 1.807) is 18.7 Å². The topological polar surface area (TPSA) is 90.9 Å². The largest absolute Gasteiger partial charge is 0.352 e. The van der Waals surface area contributed by atoms with Crippen molar-refractivity contribution in [3.05, 3.63) is 42.4 Å². The van der Waals surface area contributed by atoms with Gasteiger partial charge >= 0.3 is 0 Å². The van der Waals surface area contributed by atoms with Crippen LogP contribution in [-0.2, 0) is 0 Å². The molecule has 0 aliphatic carbocycles. The number of hydrogen-bond donors (Lipinski definition) is 1. The van der Waals surface area contributed by atoms with E-state index in [0.29, 0.717) is 5.69 Å². The van der Waals surface area contributed by atoms with Gasteiger partial charge < -0.3 is 14.8 Å². The summed E-state index contributed by atoms with van der Waals surface area (Å²) in [4.78, 5) is 37.7. The molecule has 3 aromatic heterocycles. The van der Waals surface area contributed by atoms with E-state index < -0.39 is 0 Å². The first-order valence-corrected chi connectivity index (χ1v) is 8.85. The highest BCUT2D eigenvalue weighted by Crippen LogP contribution is 2.34. The van der Waals surface area contributed by atoms with Crippen molar-refractivity contribution in [2.45, 2.75) is 31.8 Å². The van der Waals surface area contributed by atoms with Gasteiger partial charge in [-0.25, -0.2) is 15.0 Å². The van der Waals surface area contributed by atoms with Gasteiger partial charge in [-0.15, -0.1) is 0 Å². The summed E-state index contributed by atoms with van der Waals surface area (Å²) in [6.45, 7) is 3.41. The van der Waals surface area contributed by atoms with Crippen molar-refractivity contribution in [2.75, 3.05) is 18.0 Å². The zero-order valence-electron chi connectivity index (χ0n) is 14.5. The third-order valence-corrected chi connectivity index (χ3v) is 5.32. The van der Waals surface area contributed by atoms with Crippen molar-refractivity contribution < 1.29 is 4.79 Å². The molecule has 26 heavy (non-hydrogen) atoms. The standard InChI is InChI=1S/C18H19N7O/c1-11-6-19-7-15(23-11)18(26)25-12-2-3-13(25)9-24(8-12)17-14-4-5-20-16(14)21-10-22-17/h4-7,10,12-13H,2-3,8-9H2,1H3,(H,20,21,22)/t12-,13+. The van der Waals surface area contributed by atoms with Crippen molar-refractivity contribution in [3.8, 4) is 0 Å². The van der Waals surface area contributed by atoms with Crippen LogP contribution in [-0.4, -0.2) is 60.9 Å². The number of aromatic amines is 1.